The number of ether oxygens (including phenoxy) is 1. The van der Waals surface area contributed by atoms with Gasteiger partial charge >= 0.3 is 0 Å². The van der Waals surface area contributed by atoms with Crippen LogP contribution in [-0.4, -0.2) is 35.2 Å². The first-order chi connectivity index (χ1) is 11.1. The van der Waals surface area contributed by atoms with Crippen molar-refractivity contribution in [2.24, 2.45) is 0 Å². The number of carbonyl (C=O) groups excluding carboxylic acids is 2. The molecule has 1 saturated carbocycles. The number of nitrogens with one attached hydrogen (secondary N) is 3. The first-order valence-corrected chi connectivity index (χ1v) is 7.38. The first-order valence-electron chi connectivity index (χ1n) is 7.38. The van der Waals surface area contributed by atoms with E-state index in [0.717, 1.165) is 18.4 Å². The fourth-order valence-electron chi connectivity index (χ4n) is 2.21. The van der Waals surface area contributed by atoms with Crippen LogP contribution in [0.1, 0.15) is 39.3 Å². The summed E-state index contributed by atoms with van der Waals surface area (Å²) in [5.41, 5.74) is 1.98. The summed E-state index contributed by atoms with van der Waals surface area (Å²) in [5, 5.41) is 12.0. The molecule has 23 heavy (non-hydrogen) atoms. The maximum absolute atomic E-state index is 12.4. The minimum absolute atomic E-state index is 0.228. The van der Waals surface area contributed by atoms with E-state index in [1.807, 2.05) is 13.0 Å². The van der Waals surface area contributed by atoms with Gasteiger partial charge in [0.15, 0.2) is 0 Å². The summed E-state index contributed by atoms with van der Waals surface area (Å²) in [5.74, 6) is -0.144. The molecule has 7 nitrogen and oxygen atoms in total. The van der Waals surface area contributed by atoms with Crippen LogP contribution in [0.15, 0.2) is 24.4 Å². The summed E-state index contributed by atoms with van der Waals surface area (Å²) < 4.78 is 5.24. The van der Waals surface area contributed by atoms with E-state index >= 15 is 0 Å². The van der Waals surface area contributed by atoms with Crippen molar-refractivity contribution in [3.05, 3.63) is 41.2 Å². The van der Waals surface area contributed by atoms with E-state index in [1.54, 1.807) is 12.1 Å². The predicted molar refractivity (Wildman–Crippen MR) is 84.8 cm³/mol. The molecular formula is C16H18N4O3. The number of nitrogens with zero attached hydrogens (tertiary/aromatic N) is 1. The van der Waals surface area contributed by atoms with Crippen LogP contribution in [-0.2, 0) is 0 Å². The largest absolute Gasteiger partial charge is 0.496 e. The molecule has 0 atom stereocenters. The third kappa shape index (κ3) is 3.33. The van der Waals surface area contributed by atoms with Crippen LogP contribution in [0.3, 0.4) is 0 Å². The summed E-state index contributed by atoms with van der Waals surface area (Å²) in [6.45, 7) is 1.92. The summed E-state index contributed by atoms with van der Waals surface area (Å²) in [6.07, 6.45) is 3.39. The fraction of sp³-hybridized carbons (Fsp3) is 0.312. The second kappa shape index (κ2) is 6.12. The SMILES string of the molecule is COc1cc(C)ccc1C(=O)Nc1cn[nH]c1C(=O)NC1CC1. The molecule has 0 saturated heterocycles. The van der Waals surface area contributed by atoms with Gasteiger partial charge in [-0.05, 0) is 37.5 Å². The lowest BCUT2D eigenvalue weighted by Gasteiger charge is -2.10. The Morgan fingerprint density at radius 3 is 2.78 bits per heavy atom. The minimum atomic E-state index is -0.358. The summed E-state index contributed by atoms with van der Waals surface area (Å²) in [4.78, 5) is 24.6. The Labute approximate surface area is 133 Å². The average molecular weight is 314 g/mol. The van der Waals surface area contributed by atoms with Crippen LogP contribution in [0, 0.1) is 6.92 Å². The van der Waals surface area contributed by atoms with Crippen molar-refractivity contribution < 1.29 is 14.3 Å². The number of H-pyrrole nitrogens is 1. The molecule has 0 spiro atoms. The number of hydrogen-bond donors (Lipinski definition) is 3. The number of anilines is 1. The van der Waals surface area contributed by atoms with Crippen LogP contribution >= 0.6 is 0 Å². The first kappa shape index (κ1) is 15.1. The molecule has 2 aromatic rings. The molecule has 7 heteroatoms. The highest BCUT2D eigenvalue weighted by Crippen LogP contribution is 2.23. The van der Waals surface area contributed by atoms with Crippen molar-refractivity contribution in [2.75, 3.05) is 12.4 Å². The van der Waals surface area contributed by atoms with E-state index in [4.69, 9.17) is 4.74 Å². The van der Waals surface area contributed by atoms with Gasteiger partial charge in [-0.1, -0.05) is 6.07 Å². The van der Waals surface area contributed by atoms with Gasteiger partial charge in [-0.2, -0.15) is 5.10 Å². The predicted octanol–water partition coefficient (Wildman–Crippen LogP) is 1.87. The molecule has 1 aromatic carbocycles. The molecule has 1 fully saturated rings. The van der Waals surface area contributed by atoms with Crippen LogP contribution < -0.4 is 15.4 Å². The normalized spacial score (nSPS) is 13.5. The van der Waals surface area contributed by atoms with Gasteiger partial charge in [0, 0.05) is 6.04 Å². The third-order valence-electron chi connectivity index (χ3n) is 3.63. The molecule has 0 aliphatic heterocycles. The van der Waals surface area contributed by atoms with Gasteiger partial charge in [0.25, 0.3) is 11.8 Å². The maximum Gasteiger partial charge on any atom is 0.271 e. The van der Waals surface area contributed by atoms with Crippen molar-refractivity contribution in [3.8, 4) is 5.75 Å². The van der Waals surface area contributed by atoms with Crippen LogP contribution in [0.25, 0.3) is 0 Å². The Bertz CT molecular complexity index is 750. The highest BCUT2D eigenvalue weighted by molar-refractivity contribution is 6.09. The minimum Gasteiger partial charge on any atom is -0.496 e. The second-order valence-corrected chi connectivity index (χ2v) is 5.56. The molecule has 2 amide bonds. The Kier molecular flexibility index (Phi) is 4.01. The number of rotatable bonds is 5. The van der Waals surface area contributed by atoms with E-state index in [1.165, 1.54) is 13.3 Å². The second-order valence-electron chi connectivity index (χ2n) is 5.56. The number of benzene rings is 1. The molecule has 120 valence electrons. The van der Waals surface area contributed by atoms with E-state index in [0.29, 0.717) is 17.0 Å². The lowest BCUT2D eigenvalue weighted by atomic mass is 10.1. The van der Waals surface area contributed by atoms with Crippen molar-refractivity contribution in [2.45, 2.75) is 25.8 Å². The average Bonchev–Trinajstić information content (AvgIpc) is 3.22. The summed E-state index contributed by atoms with van der Waals surface area (Å²) in [7, 11) is 1.51. The number of aromatic amines is 1. The molecule has 1 aromatic heterocycles. The van der Waals surface area contributed by atoms with Crippen molar-refractivity contribution in [1.29, 1.82) is 0 Å². The van der Waals surface area contributed by atoms with E-state index in [-0.39, 0.29) is 23.6 Å². The maximum atomic E-state index is 12.4. The van der Waals surface area contributed by atoms with Crippen molar-refractivity contribution >= 4 is 17.5 Å². The Hall–Kier alpha value is -2.83. The Morgan fingerprint density at radius 2 is 2.09 bits per heavy atom. The number of carbonyl (C=O) groups is 2. The van der Waals surface area contributed by atoms with Gasteiger partial charge in [0.1, 0.15) is 11.4 Å². The monoisotopic (exact) mass is 314 g/mol. The quantitative estimate of drug-likeness (QED) is 0.785. The van der Waals surface area contributed by atoms with Gasteiger partial charge in [-0.25, -0.2) is 0 Å². The van der Waals surface area contributed by atoms with Gasteiger partial charge in [-0.15, -0.1) is 0 Å². The van der Waals surface area contributed by atoms with Crippen molar-refractivity contribution in [3.63, 3.8) is 0 Å². The zero-order valence-corrected chi connectivity index (χ0v) is 13.0. The zero-order valence-electron chi connectivity index (χ0n) is 13.0. The Balaban J connectivity index is 1.78. The number of methoxy groups -OCH3 is 1. The standard InChI is InChI=1S/C16H18N4O3/c1-9-3-6-11(13(7-9)23-2)15(21)19-12-8-17-20-14(12)16(22)18-10-4-5-10/h3,6-8,10H,4-5H2,1-2H3,(H,17,20)(H,18,22)(H,19,21). The summed E-state index contributed by atoms with van der Waals surface area (Å²) >= 11 is 0. The summed E-state index contributed by atoms with van der Waals surface area (Å²) in [6, 6.07) is 5.53. The molecule has 0 radical (unpaired) electrons. The molecule has 1 aliphatic carbocycles. The van der Waals surface area contributed by atoms with Crippen LogP contribution in [0.5, 0.6) is 5.75 Å². The molecule has 1 heterocycles. The van der Waals surface area contributed by atoms with Crippen LogP contribution in [0.2, 0.25) is 0 Å². The fourth-order valence-corrected chi connectivity index (χ4v) is 2.21. The number of hydrogen-bond acceptors (Lipinski definition) is 4. The topological polar surface area (TPSA) is 96.1 Å². The van der Waals surface area contributed by atoms with Gasteiger partial charge in [0.2, 0.25) is 0 Å². The zero-order chi connectivity index (χ0) is 16.4. The number of aromatic nitrogens is 2. The van der Waals surface area contributed by atoms with E-state index in [2.05, 4.69) is 20.8 Å². The molecule has 1 aliphatic rings. The van der Waals surface area contributed by atoms with Crippen LogP contribution in [0.4, 0.5) is 5.69 Å². The van der Waals surface area contributed by atoms with Gasteiger partial charge < -0.3 is 15.4 Å². The van der Waals surface area contributed by atoms with Gasteiger partial charge in [0.05, 0.1) is 24.6 Å². The van der Waals surface area contributed by atoms with E-state index < -0.39 is 0 Å². The Morgan fingerprint density at radius 1 is 1.30 bits per heavy atom. The molecular weight excluding hydrogens is 296 g/mol. The lowest BCUT2D eigenvalue weighted by Crippen LogP contribution is -2.27. The molecule has 3 N–H and O–H groups in total. The third-order valence-corrected chi connectivity index (χ3v) is 3.63. The smallest absolute Gasteiger partial charge is 0.271 e. The lowest BCUT2D eigenvalue weighted by molar-refractivity contribution is 0.0947. The highest BCUT2D eigenvalue weighted by atomic mass is 16.5. The van der Waals surface area contributed by atoms with E-state index in [9.17, 15) is 9.59 Å². The number of amides is 2. The highest BCUT2D eigenvalue weighted by Gasteiger charge is 2.26. The molecule has 3 rings (SSSR count). The van der Waals surface area contributed by atoms with Crippen molar-refractivity contribution in [1.82, 2.24) is 15.5 Å². The number of aryl methyl sites for hydroxylation is 1. The molecule has 0 bridgehead atoms. The molecule has 0 unspecified atom stereocenters. The van der Waals surface area contributed by atoms with Gasteiger partial charge in [-0.3, -0.25) is 14.7 Å².